The maximum absolute atomic E-state index is 13.9. The van der Waals surface area contributed by atoms with Gasteiger partial charge in [-0.25, -0.2) is 39.5 Å². The SMILES string of the molecule is CNc1nccc(-c2sc(N)nc2C)n1.CNc1nccc(-c2sc(NC(=O)Nc3ccc(CN4CCC(NC(=O)O)CC4)c(C(F)(F)F)c3)nc2C)n1. The Morgan fingerprint density at radius 1 is 0.889 bits per heavy atom. The average molecular weight is 786 g/mol. The van der Waals surface area contributed by atoms with E-state index in [-0.39, 0.29) is 29.0 Å². The van der Waals surface area contributed by atoms with E-state index in [2.05, 4.69) is 56.5 Å². The molecule has 1 saturated heterocycles. The van der Waals surface area contributed by atoms with Gasteiger partial charge in [-0.3, -0.25) is 10.2 Å². The second-order valence-corrected chi connectivity index (χ2v) is 13.9. The number of amides is 3. The fraction of sp³-hybridized carbons (Fsp3) is 0.333. The minimum absolute atomic E-state index is 0.0177. The van der Waals surface area contributed by atoms with Gasteiger partial charge < -0.3 is 32.1 Å². The van der Waals surface area contributed by atoms with E-state index in [0.717, 1.165) is 27.2 Å². The summed E-state index contributed by atoms with van der Waals surface area (Å²) in [7, 11) is 3.48. The van der Waals surface area contributed by atoms with Crippen molar-refractivity contribution in [3.8, 4) is 21.1 Å². The summed E-state index contributed by atoms with van der Waals surface area (Å²) in [4.78, 5) is 52.2. The number of aryl methyl sites for hydroxylation is 2. The predicted molar refractivity (Wildman–Crippen MR) is 203 cm³/mol. The van der Waals surface area contributed by atoms with Crippen molar-refractivity contribution in [2.24, 2.45) is 0 Å². The summed E-state index contributed by atoms with van der Waals surface area (Å²) in [5, 5.41) is 22.8. The number of alkyl halides is 3. The number of urea groups is 1. The fourth-order valence-electron chi connectivity index (χ4n) is 5.52. The number of likely N-dealkylation sites (tertiary alicyclic amines) is 1. The normalized spacial score (nSPS) is 13.4. The molecule has 1 aliphatic heterocycles. The lowest BCUT2D eigenvalue weighted by Crippen LogP contribution is -2.44. The van der Waals surface area contributed by atoms with Crippen molar-refractivity contribution in [3.05, 3.63) is 65.2 Å². The monoisotopic (exact) mass is 785 g/mol. The zero-order valence-electron chi connectivity index (χ0n) is 29.6. The lowest BCUT2D eigenvalue weighted by Gasteiger charge is -2.32. The van der Waals surface area contributed by atoms with Crippen LogP contribution in [0.1, 0.15) is 35.4 Å². The lowest BCUT2D eigenvalue weighted by molar-refractivity contribution is -0.138. The molecule has 1 fully saturated rings. The summed E-state index contributed by atoms with van der Waals surface area (Å²) in [5.41, 5.74) is 7.84. The van der Waals surface area contributed by atoms with Gasteiger partial charge in [0.15, 0.2) is 10.3 Å². The highest BCUT2D eigenvalue weighted by molar-refractivity contribution is 7.19. The quantitative estimate of drug-likeness (QED) is 0.0864. The third-order valence-electron chi connectivity index (χ3n) is 8.04. The standard InChI is InChI=1S/C24H27F3N8O3S.C9H11N5S/c1-13-19(18-5-8-29-20(28-2)33-18)39-22(30-13)34-21(36)31-16-4-3-14(17(11-16)24(25,26)27)12-35-9-6-15(7-10-35)32-23(37)38;1-5-7(15-8(10)13-5)6-3-4-12-9(11-2)14-6/h3-5,8,11,15,32H,6-7,9-10,12H2,1-2H3,(H,37,38)(H,28,29,33)(H2,30,31,34,36);3-4H,1-2H3,(H2,10,13)(H,11,12,14). The third kappa shape index (κ3) is 10.5. The Kier molecular flexibility index (Phi) is 12.8. The van der Waals surface area contributed by atoms with Crippen LogP contribution >= 0.6 is 22.7 Å². The first kappa shape index (κ1) is 39.5. The van der Waals surface area contributed by atoms with Crippen molar-refractivity contribution in [2.45, 2.75) is 45.5 Å². The first-order valence-corrected chi connectivity index (χ1v) is 18.1. The number of halogens is 3. The molecule has 3 amide bonds. The number of carbonyl (C=O) groups excluding carboxylic acids is 1. The van der Waals surface area contributed by atoms with E-state index in [1.807, 2.05) is 17.9 Å². The molecule has 16 nitrogen and oxygen atoms in total. The van der Waals surface area contributed by atoms with Gasteiger partial charge in [0, 0.05) is 57.9 Å². The molecular formula is C33H38F3N13O3S2. The summed E-state index contributed by atoms with van der Waals surface area (Å²) < 4.78 is 41.7. The first-order chi connectivity index (χ1) is 25.7. The van der Waals surface area contributed by atoms with Crippen LogP contribution in [0.4, 0.5) is 50.6 Å². The van der Waals surface area contributed by atoms with Gasteiger partial charge in [0.1, 0.15) is 0 Å². The molecule has 21 heteroatoms. The van der Waals surface area contributed by atoms with Crippen LogP contribution in [0.2, 0.25) is 0 Å². The van der Waals surface area contributed by atoms with Gasteiger partial charge in [0.2, 0.25) is 11.9 Å². The van der Waals surface area contributed by atoms with Crippen molar-refractivity contribution < 1.29 is 27.9 Å². The zero-order chi connectivity index (χ0) is 39.0. The highest BCUT2D eigenvalue weighted by Crippen LogP contribution is 2.36. The number of nitrogen functional groups attached to an aromatic ring is 1. The maximum Gasteiger partial charge on any atom is 0.416 e. The van der Waals surface area contributed by atoms with Crippen LogP contribution in [0, 0.1) is 13.8 Å². The van der Waals surface area contributed by atoms with Gasteiger partial charge in [-0.1, -0.05) is 28.7 Å². The Balaban J connectivity index is 0.000000310. The van der Waals surface area contributed by atoms with Crippen LogP contribution in [-0.4, -0.2) is 85.3 Å². The molecular weight excluding hydrogens is 748 g/mol. The molecule has 1 aromatic carbocycles. The predicted octanol–water partition coefficient (Wildman–Crippen LogP) is 6.38. The van der Waals surface area contributed by atoms with Crippen LogP contribution in [0.15, 0.2) is 42.7 Å². The van der Waals surface area contributed by atoms with Gasteiger partial charge in [0.05, 0.1) is 38.1 Å². The Morgan fingerprint density at radius 2 is 1.48 bits per heavy atom. The number of thiazole rings is 2. The minimum Gasteiger partial charge on any atom is -0.465 e. The van der Waals surface area contributed by atoms with Gasteiger partial charge in [-0.2, -0.15) is 13.2 Å². The number of carboxylic acid groups (broad SMARTS) is 1. The van der Waals surface area contributed by atoms with Gasteiger partial charge >= 0.3 is 18.3 Å². The van der Waals surface area contributed by atoms with E-state index in [4.69, 9.17) is 10.8 Å². The van der Waals surface area contributed by atoms with Crippen molar-refractivity contribution >= 4 is 62.6 Å². The second-order valence-electron chi connectivity index (χ2n) is 11.9. The van der Waals surface area contributed by atoms with Crippen LogP contribution in [0.5, 0.6) is 0 Å². The number of nitrogens with one attached hydrogen (secondary N) is 5. The number of aromatic nitrogens is 6. The Bertz CT molecular complexity index is 2090. The molecule has 54 heavy (non-hydrogen) atoms. The minimum atomic E-state index is -4.63. The summed E-state index contributed by atoms with van der Waals surface area (Å²) in [6.45, 7) is 4.66. The summed E-state index contributed by atoms with van der Waals surface area (Å²) in [6, 6.07) is 6.29. The first-order valence-electron chi connectivity index (χ1n) is 16.4. The molecule has 0 aliphatic carbocycles. The molecule has 0 radical (unpaired) electrons. The highest BCUT2D eigenvalue weighted by Gasteiger charge is 2.34. The van der Waals surface area contributed by atoms with E-state index in [1.165, 1.54) is 34.8 Å². The number of nitrogens with two attached hydrogens (primary N) is 1. The molecule has 0 atom stereocenters. The maximum atomic E-state index is 13.9. The zero-order valence-corrected chi connectivity index (χ0v) is 31.2. The fourth-order valence-corrected chi connectivity index (χ4v) is 7.25. The number of hydrogen-bond donors (Lipinski definition) is 7. The molecule has 0 bridgehead atoms. The van der Waals surface area contributed by atoms with Crippen molar-refractivity contribution in [1.82, 2.24) is 40.1 Å². The van der Waals surface area contributed by atoms with Crippen LogP contribution in [-0.2, 0) is 12.7 Å². The highest BCUT2D eigenvalue weighted by atomic mass is 32.1. The number of rotatable bonds is 9. The number of carbonyl (C=O) groups is 2. The number of anilines is 5. The molecule has 8 N–H and O–H groups in total. The van der Waals surface area contributed by atoms with E-state index in [9.17, 15) is 22.8 Å². The molecule has 6 rings (SSSR count). The average Bonchev–Trinajstić information content (AvgIpc) is 3.68. The van der Waals surface area contributed by atoms with Gasteiger partial charge in [0.25, 0.3) is 0 Å². The second kappa shape index (κ2) is 17.4. The number of hydrogen-bond acceptors (Lipinski definition) is 14. The van der Waals surface area contributed by atoms with Gasteiger partial charge in [-0.05, 0) is 56.5 Å². The van der Waals surface area contributed by atoms with Crippen LogP contribution in [0.3, 0.4) is 0 Å². The number of piperidine rings is 1. The number of nitrogens with zero attached hydrogens (tertiary/aromatic N) is 7. The Labute approximate surface area is 315 Å². The molecule has 0 unspecified atom stereocenters. The lowest BCUT2D eigenvalue weighted by atomic mass is 10.0. The summed E-state index contributed by atoms with van der Waals surface area (Å²) in [5.74, 6) is 1.02. The van der Waals surface area contributed by atoms with Crippen molar-refractivity contribution in [3.63, 3.8) is 0 Å². The molecule has 0 spiro atoms. The molecule has 286 valence electrons. The number of benzene rings is 1. The third-order valence-corrected chi connectivity index (χ3v) is 10.1. The van der Waals surface area contributed by atoms with Crippen molar-refractivity contribution in [2.75, 3.05) is 54.2 Å². The molecule has 0 saturated carbocycles. The molecule has 5 heterocycles. The Hall–Kier alpha value is -5.67. The van der Waals surface area contributed by atoms with E-state index in [1.54, 1.807) is 39.5 Å². The smallest absolute Gasteiger partial charge is 0.416 e. The van der Waals surface area contributed by atoms with E-state index >= 15 is 0 Å². The van der Waals surface area contributed by atoms with Gasteiger partial charge in [-0.15, -0.1) is 0 Å². The van der Waals surface area contributed by atoms with Crippen LogP contribution < -0.4 is 32.3 Å². The van der Waals surface area contributed by atoms with Crippen molar-refractivity contribution in [1.29, 1.82) is 0 Å². The van der Waals surface area contributed by atoms with Crippen LogP contribution in [0.25, 0.3) is 21.1 Å². The molecule has 1 aliphatic rings. The van der Waals surface area contributed by atoms with E-state index < -0.39 is 23.9 Å². The topological polar surface area (TPSA) is 221 Å². The van der Waals surface area contributed by atoms with E-state index in [0.29, 0.717) is 54.3 Å². The summed E-state index contributed by atoms with van der Waals surface area (Å²) in [6.07, 6.45) is -1.41. The Morgan fingerprint density at radius 3 is 2.02 bits per heavy atom. The molecule has 5 aromatic rings. The summed E-state index contributed by atoms with van der Waals surface area (Å²) >= 11 is 2.61. The molecule has 4 aromatic heterocycles. The largest absolute Gasteiger partial charge is 0.465 e.